The molecule has 3 aromatic rings. The fourth-order valence-corrected chi connectivity index (χ4v) is 5.39. The average molecular weight is 552 g/mol. The summed E-state index contributed by atoms with van der Waals surface area (Å²) in [5, 5.41) is 12.1. The van der Waals surface area contributed by atoms with Crippen molar-refractivity contribution in [3.05, 3.63) is 101 Å². The standard InChI is InChI=1S/C30H31F6NO2/c1-2-19-39-23-13-11-21(12-14-23)20-37-17-15-22(16-18-37)28(38,24-7-3-5-9-26(24)29(31,32)33)25-8-4-6-10-27(25)30(34,35)36/h3-14,22,38H,2,15-20H2,1H3. The first-order chi connectivity index (χ1) is 18.4. The van der Waals surface area contributed by atoms with E-state index in [9.17, 15) is 31.4 Å². The molecule has 1 N–H and O–H groups in total. The van der Waals surface area contributed by atoms with E-state index in [0.29, 0.717) is 26.2 Å². The Balaban J connectivity index is 1.65. The fourth-order valence-electron chi connectivity index (χ4n) is 5.39. The first-order valence-corrected chi connectivity index (χ1v) is 12.9. The SMILES string of the molecule is CCCOc1ccc(CN2CCC(C(O)(c3ccccc3C(F)(F)F)c3ccccc3C(F)(F)F)CC2)cc1. The van der Waals surface area contributed by atoms with Gasteiger partial charge in [-0.15, -0.1) is 0 Å². The molecule has 0 bridgehead atoms. The monoisotopic (exact) mass is 551 g/mol. The predicted molar refractivity (Wildman–Crippen MR) is 136 cm³/mol. The maximum absolute atomic E-state index is 14.0. The molecule has 4 rings (SSSR count). The van der Waals surface area contributed by atoms with Crippen molar-refractivity contribution in [3.8, 4) is 5.75 Å². The fraction of sp³-hybridized carbons (Fsp3) is 0.400. The highest BCUT2D eigenvalue weighted by Crippen LogP contribution is 2.49. The average Bonchev–Trinajstić information content (AvgIpc) is 2.92. The second-order valence-corrected chi connectivity index (χ2v) is 9.90. The first-order valence-electron chi connectivity index (χ1n) is 12.9. The van der Waals surface area contributed by atoms with Gasteiger partial charge in [0.2, 0.25) is 0 Å². The van der Waals surface area contributed by atoms with Gasteiger partial charge in [0.05, 0.1) is 17.7 Å². The second kappa shape index (κ2) is 11.6. The number of hydrogen-bond acceptors (Lipinski definition) is 3. The Morgan fingerprint density at radius 2 is 1.21 bits per heavy atom. The minimum Gasteiger partial charge on any atom is -0.494 e. The molecular formula is C30H31F6NO2. The number of halogens is 6. The van der Waals surface area contributed by atoms with Crippen molar-refractivity contribution < 1.29 is 36.2 Å². The number of nitrogens with zero attached hydrogens (tertiary/aromatic N) is 1. The van der Waals surface area contributed by atoms with Gasteiger partial charge in [0, 0.05) is 17.7 Å². The van der Waals surface area contributed by atoms with Crippen LogP contribution in [0.25, 0.3) is 0 Å². The van der Waals surface area contributed by atoms with E-state index in [1.165, 1.54) is 24.3 Å². The lowest BCUT2D eigenvalue weighted by atomic mass is 9.69. The second-order valence-electron chi connectivity index (χ2n) is 9.90. The van der Waals surface area contributed by atoms with Gasteiger partial charge in [-0.05, 0) is 68.1 Å². The molecule has 39 heavy (non-hydrogen) atoms. The van der Waals surface area contributed by atoms with Crippen molar-refractivity contribution in [2.75, 3.05) is 19.7 Å². The van der Waals surface area contributed by atoms with Crippen molar-refractivity contribution in [3.63, 3.8) is 0 Å². The van der Waals surface area contributed by atoms with E-state index in [4.69, 9.17) is 4.74 Å². The normalized spacial score (nSPS) is 15.9. The number of rotatable bonds is 8. The Hall–Kier alpha value is -3.04. The van der Waals surface area contributed by atoms with E-state index in [2.05, 4.69) is 4.90 Å². The minimum atomic E-state index is -4.86. The van der Waals surface area contributed by atoms with Gasteiger partial charge in [-0.1, -0.05) is 55.5 Å². The van der Waals surface area contributed by atoms with Crippen molar-refractivity contribution in [2.24, 2.45) is 5.92 Å². The maximum Gasteiger partial charge on any atom is 0.416 e. The number of aliphatic hydroxyl groups is 1. The number of hydrogen-bond donors (Lipinski definition) is 1. The molecule has 0 aliphatic carbocycles. The molecule has 1 aliphatic rings. The predicted octanol–water partition coefficient (Wildman–Crippen LogP) is 7.66. The van der Waals surface area contributed by atoms with Gasteiger partial charge in [-0.25, -0.2) is 0 Å². The molecule has 0 atom stereocenters. The van der Waals surface area contributed by atoms with Crippen LogP contribution in [0.2, 0.25) is 0 Å². The molecule has 0 saturated carbocycles. The topological polar surface area (TPSA) is 32.7 Å². The Kier molecular flexibility index (Phi) is 8.61. The summed E-state index contributed by atoms with van der Waals surface area (Å²) in [7, 11) is 0. The highest BCUT2D eigenvalue weighted by molar-refractivity contribution is 5.47. The van der Waals surface area contributed by atoms with Gasteiger partial charge >= 0.3 is 12.4 Å². The molecule has 0 spiro atoms. The molecule has 0 unspecified atom stereocenters. The zero-order valence-electron chi connectivity index (χ0n) is 21.5. The van der Waals surface area contributed by atoms with Gasteiger partial charge in [0.25, 0.3) is 0 Å². The Labute approximate surface area is 224 Å². The van der Waals surface area contributed by atoms with Crippen LogP contribution in [0, 0.1) is 5.92 Å². The molecule has 1 aliphatic heterocycles. The number of likely N-dealkylation sites (tertiary alicyclic amines) is 1. The van der Waals surface area contributed by atoms with Crippen LogP contribution in [0.5, 0.6) is 5.75 Å². The van der Waals surface area contributed by atoms with E-state index >= 15 is 0 Å². The van der Waals surface area contributed by atoms with Crippen LogP contribution in [0.15, 0.2) is 72.8 Å². The summed E-state index contributed by atoms with van der Waals surface area (Å²) in [5.41, 5.74) is -4.89. The third-order valence-corrected chi connectivity index (χ3v) is 7.27. The quantitative estimate of drug-likeness (QED) is 0.292. The van der Waals surface area contributed by atoms with Crippen LogP contribution in [-0.4, -0.2) is 29.7 Å². The van der Waals surface area contributed by atoms with E-state index < -0.39 is 46.1 Å². The van der Waals surface area contributed by atoms with Crippen molar-refractivity contribution in [1.82, 2.24) is 4.90 Å². The van der Waals surface area contributed by atoms with E-state index in [1.807, 2.05) is 31.2 Å². The molecule has 9 heteroatoms. The summed E-state index contributed by atoms with van der Waals surface area (Å²) in [4.78, 5) is 2.09. The van der Waals surface area contributed by atoms with Crippen LogP contribution in [0.3, 0.4) is 0 Å². The van der Waals surface area contributed by atoms with Crippen molar-refractivity contribution >= 4 is 0 Å². The third kappa shape index (κ3) is 6.41. The first kappa shape index (κ1) is 29.0. The molecule has 0 amide bonds. The lowest BCUT2D eigenvalue weighted by molar-refractivity contribution is -0.144. The lowest BCUT2D eigenvalue weighted by Crippen LogP contribution is -2.45. The summed E-state index contributed by atoms with van der Waals surface area (Å²) in [6, 6.07) is 16.4. The van der Waals surface area contributed by atoms with E-state index in [1.54, 1.807) is 0 Å². The van der Waals surface area contributed by atoms with Crippen molar-refractivity contribution in [1.29, 1.82) is 0 Å². The summed E-state index contributed by atoms with van der Waals surface area (Å²) in [5.74, 6) is -0.110. The van der Waals surface area contributed by atoms with Gasteiger partial charge in [0.1, 0.15) is 11.4 Å². The van der Waals surface area contributed by atoms with Crippen LogP contribution < -0.4 is 4.74 Å². The number of piperidine rings is 1. The van der Waals surface area contributed by atoms with Crippen LogP contribution in [0.1, 0.15) is 54.0 Å². The summed E-state index contributed by atoms with van der Waals surface area (Å²) in [6.07, 6.45) is -8.39. The summed E-state index contributed by atoms with van der Waals surface area (Å²) >= 11 is 0. The molecular weight excluding hydrogens is 520 g/mol. The largest absolute Gasteiger partial charge is 0.494 e. The smallest absolute Gasteiger partial charge is 0.416 e. The lowest BCUT2D eigenvalue weighted by Gasteiger charge is -2.44. The third-order valence-electron chi connectivity index (χ3n) is 7.27. The minimum absolute atomic E-state index is 0.215. The Morgan fingerprint density at radius 1 is 0.744 bits per heavy atom. The molecule has 0 radical (unpaired) electrons. The molecule has 1 saturated heterocycles. The van der Waals surface area contributed by atoms with E-state index in [-0.39, 0.29) is 12.8 Å². The van der Waals surface area contributed by atoms with Gasteiger partial charge in [0.15, 0.2) is 0 Å². The Bertz CT molecular complexity index is 1170. The Morgan fingerprint density at radius 3 is 1.64 bits per heavy atom. The summed E-state index contributed by atoms with van der Waals surface area (Å²) < 4.78 is 89.9. The molecule has 210 valence electrons. The molecule has 1 heterocycles. The number of alkyl halides is 6. The van der Waals surface area contributed by atoms with Crippen LogP contribution >= 0.6 is 0 Å². The van der Waals surface area contributed by atoms with Crippen molar-refractivity contribution in [2.45, 2.75) is 50.7 Å². The van der Waals surface area contributed by atoms with Crippen LogP contribution in [0.4, 0.5) is 26.3 Å². The summed E-state index contributed by atoms with van der Waals surface area (Å²) in [6.45, 7) is 4.01. The van der Waals surface area contributed by atoms with Crippen LogP contribution in [-0.2, 0) is 24.5 Å². The number of benzene rings is 3. The van der Waals surface area contributed by atoms with Gasteiger partial charge in [-0.3, -0.25) is 4.90 Å². The zero-order chi connectivity index (χ0) is 28.3. The molecule has 0 aromatic heterocycles. The molecule has 3 aromatic carbocycles. The maximum atomic E-state index is 14.0. The number of ether oxygens (including phenoxy) is 1. The van der Waals surface area contributed by atoms with E-state index in [0.717, 1.165) is 42.0 Å². The highest BCUT2D eigenvalue weighted by atomic mass is 19.4. The molecule has 3 nitrogen and oxygen atoms in total. The highest BCUT2D eigenvalue weighted by Gasteiger charge is 2.50. The van der Waals surface area contributed by atoms with Gasteiger partial charge in [-0.2, -0.15) is 26.3 Å². The zero-order valence-corrected chi connectivity index (χ0v) is 21.5. The molecule has 1 fully saturated rings. The van der Waals surface area contributed by atoms with Gasteiger partial charge < -0.3 is 9.84 Å².